The van der Waals surface area contributed by atoms with Crippen LogP contribution in [0.1, 0.15) is 21.5 Å². The lowest BCUT2D eigenvalue weighted by Gasteiger charge is -2.06. The first-order valence-electron chi connectivity index (χ1n) is 8.10. The van der Waals surface area contributed by atoms with Gasteiger partial charge in [0.25, 0.3) is 5.91 Å². The summed E-state index contributed by atoms with van der Waals surface area (Å²) >= 11 is 0. The normalized spacial score (nSPS) is 10.6. The van der Waals surface area contributed by atoms with Crippen LogP contribution >= 0.6 is 0 Å². The molecule has 0 bridgehead atoms. The number of carbonyl (C=O) groups is 1. The van der Waals surface area contributed by atoms with Crippen molar-refractivity contribution >= 4 is 12.1 Å². The van der Waals surface area contributed by atoms with Gasteiger partial charge in [0.05, 0.1) is 6.21 Å². The molecule has 5 heteroatoms. The topological polar surface area (TPSA) is 70.9 Å². The van der Waals surface area contributed by atoms with Gasteiger partial charge in [-0.3, -0.25) is 4.79 Å². The number of hydrogen-bond acceptors (Lipinski definition) is 4. The van der Waals surface area contributed by atoms with Gasteiger partial charge in [0, 0.05) is 5.56 Å². The van der Waals surface area contributed by atoms with Crippen molar-refractivity contribution in [2.45, 2.75) is 6.61 Å². The zero-order valence-electron chi connectivity index (χ0n) is 14.0. The van der Waals surface area contributed by atoms with Gasteiger partial charge in [0.15, 0.2) is 0 Å². The van der Waals surface area contributed by atoms with Crippen molar-refractivity contribution in [1.29, 1.82) is 0 Å². The van der Waals surface area contributed by atoms with Gasteiger partial charge < -0.3 is 9.84 Å². The predicted molar refractivity (Wildman–Crippen MR) is 100 cm³/mol. The molecular weight excluding hydrogens is 328 g/mol. The van der Waals surface area contributed by atoms with Crippen LogP contribution in [-0.2, 0) is 6.61 Å². The number of amides is 1. The van der Waals surface area contributed by atoms with E-state index in [1.165, 1.54) is 12.1 Å². The lowest BCUT2D eigenvalue weighted by atomic mass is 10.2. The predicted octanol–water partition coefficient (Wildman–Crippen LogP) is 3.74. The van der Waals surface area contributed by atoms with Crippen LogP contribution in [0.3, 0.4) is 0 Å². The number of nitrogens with zero attached hydrogens (tertiary/aromatic N) is 1. The molecule has 26 heavy (non-hydrogen) atoms. The Hall–Kier alpha value is -3.60. The maximum absolute atomic E-state index is 11.9. The Morgan fingerprint density at radius 3 is 2.50 bits per heavy atom. The molecule has 5 nitrogen and oxygen atoms in total. The molecule has 0 saturated heterocycles. The van der Waals surface area contributed by atoms with Crippen LogP contribution in [-0.4, -0.2) is 17.2 Å². The van der Waals surface area contributed by atoms with Gasteiger partial charge >= 0.3 is 0 Å². The van der Waals surface area contributed by atoms with E-state index in [0.29, 0.717) is 12.2 Å². The molecule has 0 aliphatic rings. The highest BCUT2D eigenvalue weighted by atomic mass is 16.5. The smallest absolute Gasteiger partial charge is 0.271 e. The minimum atomic E-state index is -0.389. The van der Waals surface area contributed by atoms with E-state index in [2.05, 4.69) is 10.5 Å². The molecule has 0 aromatic heterocycles. The molecule has 0 unspecified atom stereocenters. The molecule has 3 aromatic carbocycles. The van der Waals surface area contributed by atoms with E-state index in [4.69, 9.17) is 4.74 Å². The summed E-state index contributed by atoms with van der Waals surface area (Å²) in [7, 11) is 0. The van der Waals surface area contributed by atoms with Gasteiger partial charge in [-0.1, -0.05) is 36.4 Å². The van der Waals surface area contributed by atoms with Gasteiger partial charge in [-0.2, -0.15) is 5.10 Å². The van der Waals surface area contributed by atoms with E-state index in [1.54, 1.807) is 18.3 Å². The van der Waals surface area contributed by atoms with Crippen molar-refractivity contribution < 1.29 is 14.6 Å². The molecule has 3 aromatic rings. The van der Waals surface area contributed by atoms with Crippen LogP contribution in [0.15, 0.2) is 84.0 Å². The summed E-state index contributed by atoms with van der Waals surface area (Å²) in [5, 5.41) is 13.3. The lowest BCUT2D eigenvalue weighted by molar-refractivity contribution is 0.0954. The van der Waals surface area contributed by atoms with E-state index >= 15 is 0 Å². The molecular formula is C21H18N2O3. The van der Waals surface area contributed by atoms with E-state index in [0.717, 1.165) is 16.9 Å². The van der Waals surface area contributed by atoms with Crippen molar-refractivity contribution in [3.05, 3.63) is 95.6 Å². The number of phenols is 1. The third-order valence-electron chi connectivity index (χ3n) is 3.62. The molecule has 3 rings (SSSR count). The maximum Gasteiger partial charge on any atom is 0.271 e. The van der Waals surface area contributed by atoms with Crippen molar-refractivity contribution in [3.63, 3.8) is 0 Å². The van der Waals surface area contributed by atoms with Crippen LogP contribution < -0.4 is 10.2 Å². The highest BCUT2D eigenvalue weighted by molar-refractivity contribution is 5.95. The summed E-state index contributed by atoms with van der Waals surface area (Å²) in [5.41, 5.74) is 4.70. The molecule has 0 heterocycles. The van der Waals surface area contributed by atoms with E-state index in [1.807, 2.05) is 54.6 Å². The number of phenolic OH excluding ortho intramolecular Hbond substituents is 1. The first kappa shape index (κ1) is 17.2. The Kier molecular flexibility index (Phi) is 5.62. The molecule has 0 fully saturated rings. The average molecular weight is 346 g/mol. The Balaban J connectivity index is 1.52. The standard InChI is InChI=1S/C21H18N2O3/c24-19-8-4-7-18(13-19)21(25)23-22-14-16-9-11-20(12-10-16)26-15-17-5-2-1-3-6-17/h1-14,24H,15H2,(H,23,25)/b22-14-. The molecule has 0 spiro atoms. The number of ether oxygens (including phenoxy) is 1. The second-order valence-electron chi connectivity index (χ2n) is 5.59. The molecule has 0 saturated carbocycles. The summed E-state index contributed by atoms with van der Waals surface area (Å²) in [6, 6.07) is 23.4. The fourth-order valence-corrected chi connectivity index (χ4v) is 2.27. The quantitative estimate of drug-likeness (QED) is 0.528. The van der Waals surface area contributed by atoms with Crippen molar-refractivity contribution in [2.75, 3.05) is 0 Å². The van der Waals surface area contributed by atoms with Crippen molar-refractivity contribution in [1.82, 2.24) is 5.43 Å². The maximum atomic E-state index is 11.9. The van der Waals surface area contributed by atoms with Crippen LogP contribution in [0.4, 0.5) is 0 Å². The Morgan fingerprint density at radius 2 is 1.77 bits per heavy atom. The molecule has 0 aliphatic heterocycles. The number of nitrogens with one attached hydrogen (secondary N) is 1. The largest absolute Gasteiger partial charge is 0.508 e. The monoisotopic (exact) mass is 346 g/mol. The van der Waals surface area contributed by atoms with Gasteiger partial charge in [0.2, 0.25) is 0 Å². The Morgan fingerprint density at radius 1 is 1.00 bits per heavy atom. The first-order valence-corrected chi connectivity index (χ1v) is 8.10. The van der Waals surface area contributed by atoms with Crippen molar-refractivity contribution in [3.8, 4) is 11.5 Å². The number of carbonyl (C=O) groups excluding carboxylic acids is 1. The van der Waals surface area contributed by atoms with Crippen LogP contribution in [0.2, 0.25) is 0 Å². The van der Waals surface area contributed by atoms with E-state index in [-0.39, 0.29) is 11.7 Å². The third-order valence-corrected chi connectivity index (χ3v) is 3.62. The lowest BCUT2D eigenvalue weighted by Crippen LogP contribution is -2.17. The first-order chi connectivity index (χ1) is 12.7. The minimum absolute atomic E-state index is 0.0349. The molecule has 2 N–H and O–H groups in total. The second kappa shape index (κ2) is 8.48. The fourth-order valence-electron chi connectivity index (χ4n) is 2.27. The molecule has 1 amide bonds. The average Bonchev–Trinajstić information content (AvgIpc) is 2.68. The number of hydrazone groups is 1. The molecule has 130 valence electrons. The summed E-state index contributed by atoms with van der Waals surface area (Å²) in [4.78, 5) is 11.9. The minimum Gasteiger partial charge on any atom is -0.508 e. The number of aromatic hydroxyl groups is 1. The van der Waals surface area contributed by atoms with Crippen LogP contribution in [0.25, 0.3) is 0 Å². The van der Waals surface area contributed by atoms with Crippen LogP contribution in [0.5, 0.6) is 11.5 Å². The Labute approximate surface area is 151 Å². The number of benzene rings is 3. The summed E-state index contributed by atoms with van der Waals surface area (Å²) < 4.78 is 5.72. The third kappa shape index (κ3) is 4.95. The molecule has 0 aliphatic carbocycles. The fraction of sp³-hybridized carbons (Fsp3) is 0.0476. The summed E-state index contributed by atoms with van der Waals surface area (Å²) in [5.74, 6) is 0.405. The van der Waals surface area contributed by atoms with E-state index in [9.17, 15) is 9.90 Å². The van der Waals surface area contributed by atoms with E-state index < -0.39 is 0 Å². The summed E-state index contributed by atoms with van der Waals surface area (Å²) in [6.07, 6.45) is 1.54. The zero-order valence-corrected chi connectivity index (χ0v) is 14.0. The molecule has 0 atom stereocenters. The van der Waals surface area contributed by atoms with Crippen molar-refractivity contribution in [2.24, 2.45) is 5.10 Å². The highest BCUT2D eigenvalue weighted by Crippen LogP contribution is 2.13. The molecule has 0 radical (unpaired) electrons. The summed E-state index contributed by atoms with van der Waals surface area (Å²) in [6.45, 7) is 0.508. The van der Waals surface area contributed by atoms with Gasteiger partial charge in [-0.05, 0) is 53.6 Å². The number of rotatable bonds is 6. The van der Waals surface area contributed by atoms with Crippen LogP contribution in [0, 0.1) is 0 Å². The number of hydrogen-bond donors (Lipinski definition) is 2. The highest BCUT2D eigenvalue weighted by Gasteiger charge is 2.04. The van der Waals surface area contributed by atoms with Gasteiger partial charge in [-0.25, -0.2) is 5.43 Å². The van der Waals surface area contributed by atoms with Gasteiger partial charge in [0.1, 0.15) is 18.1 Å². The second-order valence-corrected chi connectivity index (χ2v) is 5.59. The SMILES string of the molecule is O=C(N/N=C\c1ccc(OCc2ccccc2)cc1)c1cccc(O)c1. The van der Waals surface area contributed by atoms with Gasteiger partial charge in [-0.15, -0.1) is 0 Å². The Bertz CT molecular complexity index is 891. The zero-order chi connectivity index (χ0) is 18.2.